The Kier molecular flexibility index (Phi) is 4.40. The summed E-state index contributed by atoms with van der Waals surface area (Å²) in [5.41, 5.74) is 0.638. The molecule has 7 rings (SSSR count). The van der Waals surface area contributed by atoms with Crippen molar-refractivity contribution in [2.24, 2.45) is 17.8 Å². The lowest BCUT2D eigenvalue weighted by molar-refractivity contribution is -0.173. The molecular formula is C24H27F3N4O. The summed E-state index contributed by atoms with van der Waals surface area (Å²) in [6, 6.07) is 8.31. The number of carbonyl (C=O) groups excluding carboxylic acids is 1. The van der Waals surface area contributed by atoms with E-state index in [0.29, 0.717) is 17.8 Å². The van der Waals surface area contributed by atoms with Crippen molar-refractivity contribution < 1.29 is 18.0 Å². The summed E-state index contributed by atoms with van der Waals surface area (Å²) in [4.78, 5) is 13.2. The first-order chi connectivity index (χ1) is 15.3. The number of hydrogen-bond acceptors (Lipinski definition) is 3. The summed E-state index contributed by atoms with van der Waals surface area (Å²) in [6.45, 7) is 0. The van der Waals surface area contributed by atoms with Gasteiger partial charge >= 0.3 is 6.18 Å². The minimum absolute atomic E-state index is 0.0613. The number of carbonyl (C=O) groups is 1. The summed E-state index contributed by atoms with van der Waals surface area (Å²) < 4.78 is 42.7. The van der Waals surface area contributed by atoms with Gasteiger partial charge in [0.2, 0.25) is 0 Å². The van der Waals surface area contributed by atoms with Gasteiger partial charge in [0.05, 0.1) is 6.04 Å². The summed E-state index contributed by atoms with van der Waals surface area (Å²) in [6.07, 6.45) is 2.10. The maximum Gasteiger partial charge on any atom is 0.410 e. The Hall–Kier alpha value is -2.51. The van der Waals surface area contributed by atoms with Crippen LogP contribution < -0.4 is 10.6 Å². The van der Waals surface area contributed by atoms with Crippen molar-refractivity contribution >= 4 is 11.7 Å². The highest BCUT2D eigenvalue weighted by Gasteiger charge is 2.52. The topological polar surface area (TPSA) is 59.0 Å². The van der Waals surface area contributed by atoms with Gasteiger partial charge in [-0.15, -0.1) is 0 Å². The molecule has 2 atom stereocenters. The number of benzene rings is 1. The highest BCUT2D eigenvalue weighted by molar-refractivity contribution is 5.93. The van der Waals surface area contributed by atoms with Gasteiger partial charge in [-0.1, -0.05) is 30.3 Å². The molecule has 0 radical (unpaired) electrons. The first kappa shape index (κ1) is 20.1. The number of hydrogen-bond donors (Lipinski definition) is 2. The van der Waals surface area contributed by atoms with E-state index in [9.17, 15) is 18.0 Å². The van der Waals surface area contributed by atoms with Crippen LogP contribution in [-0.4, -0.2) is 27.4 Å². The van der Waals surface area contributed by atoms with Crippen LogP contribution in [0.2, 0.25) is 0 Å². The van der Waals surface area contributed by atoms with Gasteiger partial charge in [0.15, 0.2) is 11.7 Å². The highest BCUT2D eigenvalue weighted by Crippen LogP contribution is 2.55. The molecule has 2 heterocycles. The van der Waals surface area contributed by atoms with Crippen LogP contribution in [0.25, 0.3) is 0 Å². The van der Waals surface area contributed by atoms with E-state index in [2.05, 4.69) is 15.7 Å². The van der Waals surface area contributed by atoms with E-state index in [1.165, 1.54) is 25.3 Å². The number of nitrogens with one attached hydrogen (secondary N) is 2. The van der Waals surface area contributed by atoms with Gasteiger partial charge in [-0.25, -0.2) is 4.68 Å². The average Bonchev–Trinajstić information content (AvgIpc) is 3.16. The SMILES string of the molecule is O=C(NC12CC3CC(CC(C3)C1)C2)c1cc2n(n1)[C@H](C(F)(F)F)C[C@H](c1ccccc1)N2. The molecule has 1 aromatic carbocycles. The van der Waals surface area contributed by atoms with Crippen LogP contribution in [0.1, 0.15) is 73.1 Å². The lowest BCUT2D eigenvalue weighted by Gasteiger charge is -2.56. The average molecular weight is 445 g/mol. The Bertz CT molecular complexity index is 996. The number of rotatable bonds is 3. The molecule has 4 aliphatic carbocycles. The third-order valence-electron chi connectivity index (χ3n) is 8.04. The van der Waals surface area contributed by atoms with Gasteiger partial charge in [0, 0.05) is 18.0 Å². The zero-order valence-electron chi connectivity index (χ0n) is 17.7. The van der Waals surface area contributed by atoms with E-state index < -0.39 is 18.3 Å². The Labute approximate surface area is 184 Å². The number of anilines is 1. The highest BCUT2D eigenvalue weighted by atomic mass is 19.4. The van der Waals surface area contributed by atoms with Crippen molar-refractivity contribution in [3.05, 3.63) is 47.7 Å². The summed E-state index contributed by atoms with van der Waals surface area (Å²) in [5.74, 6) is 1.88. The summed E-state index contributed by atoms with van der Waals surface area (Å²) in [5, 5.41) is 10.5. The van der Waals surface area contributed by atoms with E-state index in [1.807, 2.05) is 30.3 Å². The van der Waals surface area contributed by atoms with Crippen LogP contribution in [-0.2, 0) is 0 Å². The van der Waals surface area contributed by atoms with E-state index >= 15 is 0 Å². The Morgan fingerprint density at radius 1 is 1.03 bits per heavy atom. The predicted octanol–water partition coefficient (Wildman–Crippen LogP) is 5.24. The van der Waals surface area contributed by atoms with Crippen molar-refractivity contribution in [2.75, 3.05) is 5.32 Å². The van der Waals surface area contributed by atoms with Crippen LogP contribution in [0.15, 0.2) is 36.4 Å². The minimum Gasteiger partial charge on any atom is -0.363 e. The van der Waals surface area contributed by atoms with Crippen LogP contribution in [0.4, 0.5) is 19.0 Å². The molecule has 4 saturated carbocycles. The van der Waals surface area contributed by atoms with Crippen molar-refractivity contribution in [2.45, 2.75) is 68.7 Å². The van der Waals surface area contributed by atoms with Crippen molar-refractivity contribution in [3.8, 4) is 0 Å². The lowest BCUT2D eigenvalue weighted by Crippen LogP contribution is -2.59. The smallest absolute Gasteiger partial charge is 0.363 e. The number of nitrogens with zero attached hydrogens (tertiary/aromatic N) is 2. The molecule has 5 aliphatic rings. The van der Waals surface area contributed by atoms with Crippen LogP contribution in [0.3, 0.4) is 0 Å². The fraction of sp³-hybridized carbons (Fsp3) is 0.583. The minimum atomic E-state index is -4.45. The lowest BCUT2D eigenvalue weighted by atomic mass is 9.53. The van der Waals surface area contributed by atoms with Crippen LogP contribution >= 0.6 is 0 Å². The zero-order valence-corrected chi connectivity index (χ0v) is 17.7. The van der Waals surface area contributed by atoms with Gasteiger partial charge < -0.3 is 10.6 Å². The largest absolute Gasteiger partial charge is 0.410 e. The standard InChI is InChI=1S/C24H27F3N4O/c25-24(26,27)20-9-18(17-4-2-1-3-5-17)28-21-10-19(30-31(20)21)22(32)29-23-11-14-6-15(12-23)8-16(7-14)13-23/h1-5,10,14-16,18,20,28H,6-9,11-13H2,(H,29,32)/t14?,15?,16?,18-,20+,23?/m1/s1. The van der Waals surface area contributed by atoms with E-state index in [4.69, 9.17) is 0 Å². The normalized spacial score (nSPS) is 35.3. The monoisotopic (exact) mass is 444 g/mol. The van der Waals surface area contributed by atoms with Gasteiger partial charge in [0.25, 0.3) is 5.91 Å². The molecule has 0 spiro atoms. The molecule has 1 aliphatic heterocycles. The Balaban J connectivity index is 1.28. The third kappa shape index (κ3) is 3.39. The zero-order chi connectivity index (χ0) is 22.1. The van der Waals surface area contributed by atoms with Crippen LogP contribution in [0.5, 0.6) is 0 Å². The maximum atomic E-state index is 13.9. The number of fused-ring (bicyclic) bond motifs is 1. The first-order valence-corrected chi connectivity index (χ1v) is 11.6. The molecule has 170 valence electrons. The fourth-order valence-electron chi connectivity index (χ4n) is 7.16. The Morgan fingerprint density at radius 3 is 2.25 bits per heavy atom. The molecule has 2 aromatic rings. The van der Waals surface area contributed by atoms with Crippen molar-refractivity contribution in [3.63, 3.8) is 0 Å². The van der Waals surface area contributed by atoms with Gasteiger partial charge in [0.1, 0.15) is 5.82 Å². The second-order valence-electron chi connectivity index (χ2n) is 10.4. The van der Waals surface area contributed by atoms with E-state index in [0.717, 1.165) is 29.5 Å². The van der Waals surface area contributed by atoms with Gasteiger partial charge in [-0.3, -0.25) is 4.79 Å². The van der Waals surface area contributed by atoms with E-state index in [-0.39, 0.29) is 29.4 Å². The third-order valence-corrected chi connectivity index (χ3v) is 8.04. The van der Waals surface area contributed by atoms with Crippen molar-refractivity contribution in [1.29, 1.82) is 0 Å². The summed E-state index contributed by atoms with van der Waals surface area (Å²) in [7, 11) is 0. The van der Waals surface area contributed by atoms with Crippen LogP contribution in [0, 0.1) is 17.8 Å². The predicted molar refractivity (Wildman–Crippen MR) is 113 cm³/mol. The second kappa shape index (κ2) is 6.99. The second-order valence-corrected chi connectivity index (χ2v) is 10.4. The van der Waals surface area contributed by atoms with Crippen molar-refractivity contribution in [1.82, 2.24) is 15.1 Å². The van der Waals surface area contributed by atoms with Gasteiger partial charge in [-0.05, 0) is 61.8 Å². The molecule has 5 nitrogen and oxygen atoms in total. The fourth-order valence-corrected chi connectivity index (χ4v) is 7.16. The molecule has 4 fully saturated rings. The molecular weight excluding hydrogens is 417 g/mol. The Morgan fingerprint density at radius 2 is 1.66 bits per heavy atom. The quantitative estimate of drug-likeness (QED) is 0.681. The molecule has 0 unspecified atom stereocenters. The van der Waals surface area contributed by atoms with Gasteiger partial charge in [-0.2, -0.15) is 18.3 Å². The maximum absolute atomic E-state index is 13.9. The molecule has 1 amide bonds. The summed E-state index contributed by atoms with van der Waals surface area (Å²) >= 11 is 0. The molecule has 1 aromatic heterocycles. The molecule has 4 bridgehead atoms. The molecule has 2 N–H and O–H groups in total. The first-order valence-electron chi connectivity index (χ1n) is 11.6. The molecule has 32 heavy (non-hydrogen) atoms. The number of halogens is 3. The number of amides is 1. The molecule has 0 saturated heterocycles. The molecule has 8 heteroatoms. The number of aromatic nitrogens is 2. The number of alkyl halides is 3. The van der Waals surface area contributed by atoms with E-state index in [1.54, 1.807) is 0 Å².